The Bertz CT molecular complexity index is 1120. The number of fused-ring (bicyclic) bond motifs is 1. The quantitative estimate of drug-likeness (QED) is 0.557. The van der Waals surface area contributed by atoms with E-state index >= 15 is 0 Å². The van der Waals surface area contributed by atoms with Crippen LogP contribution in [0.25, 0.3) is 11.0 Å². The van der Waals surface area contributed by atoms with Crippen LogP contribution in [0.4, 0.5) is 0 Å². The van der Waals surface area contributed by atoms with Crippen molar-refractivity contribution in [2.75, 3.05) is 26.3 Å². The van der Waals surface area contributed by atoms with Crippen molar-refractivity contribution < 1.29 is 13.2 Å². The van der Waals surface area contributed by atoms with E-state index in [1.807, 2.05) is 6.07 Å². The van der Waals surface area contributed by atoms with Crippen LogP contribution in [-0.4, -0.2) is 48.6 Å². The van der Waals surface area contributed by atoms with Crippen LogP contribution in [0.1, 0.15) is 18.1 Å². The Kier molecular flexibility index (Phi) is 5.96. The average molecular weight is 432 g/mol. The van der Waals surface area contributed by atoms with E-state index in [1.54, 1.807) is 23.9 Å². The highest BCUT2D eigenvalue weighted by atomic mass is 32.2. The van der Waals surface area contributed by atoms with E-state index in [0.717, 1.165) is 23.0 Å². The van der Waals surface area contributed by atoms with E-state index in [-0.39, 0.29) is 0 Å². The van der Waals surface area contributed by atoms with Crippen LogP contribution in [0.2, 0.25) is 0 Å². The molecule has 2 heterocycles. The number of hydrogen-bond donors (Lipinski definition) is 0. The second-order valence-electron chi connectivity index (χ2n) is 7.08. The molecule has 0 spiro atoms. The summed E-state index contributed by atoms with van der Waals surface area (Å²) in [6, 6.07) is 13.7. The van der Waals surface area contributed by atoms with Gasteiger partial charge in [-0.1, -0.05) is 41.6 Å². The number of morpholine rings is 1. The van der Waals surface area contributed by atoms with Crippen molar-refractivity contribution in [3.63, 3.8) is 0 Å². The summed E-state index contributed by atoms with van der Waals surface area (Å²) in [6.45, 7) is 6.60. The van der Waals surface area contributed by atoms with E-state index in [9.17, 15) is 8.42 Å². The molecule has 0 saturated carbocycles. The van der Waals surface area contributed by atoms with E-state index in [4.69, 9.17) is 9.72 Å². The molecule has 4 rings (SSSR count). The highest BCUT2D eigenvalue weighted by Crippen LogP contribution is 2.29. The molecule has 1 aliphatic heterocycles. The van der Waals surface area contributed by atoms with Crippen molar-refractivity contribution in [1.82, 2.24) is 13.9 Å². The van der Waals surface area contributed by atoms with Crippen molar-refractivity contribution in [2.45, 2.75) is 36.2 Å². The molecule has 0 unspecified atom stereocenters. The summed E-state index contributed by atoms with van der Waals surface area (Å²) in [6.07, 6.45) is 0. The third kappa shape index (κ3) is 4.21. The van der Waals surface area contributed by atoms with Crippen LogP contribution >= 0.6 is 11.8 Å². The van der Waals surface area contributed by atoms with Gasteiger partial charge >= 0.3 is 0 Å². The Hall–Kier alpha value is -1.87. The molecular weight excluding hydrogens is 406 g/mol. The Labute approximate surface area is 175 Å². The fourth-order valence-corrected chi connectivity index (χ4v) is 6.00. The molecule has 0 amide bonds. The average Bonchev–Trinajstić information content (AvgIpc) is 3.09. The van der Waals surface area contributed by atoms with Gasteiger partial charge in [-0.05, 0) is 37.6 Å². The summed E-state index contributed by atoms with van der Waals surface area (Å²) in [7, 11) is -3.53. The van der Waals surface area contributed by atoms with Gasteiger partial charge in [-0.15, -0.1) is 0 Å². The normalized spacial score (nSPS) is 15.8. The van der Waals surface area contributed by atoms with E-state index < -0.39 is 10.0 Å². The summed E-state index contributed by atoms with van der Waals surface area (Å²) in [5.74, 6) is 0.823. The first-order valence-corrected chi connectivity index (χ1v) is 12.2. The van der Waals surface area contributed by atoms with Crippen LogP contribution in [0, 0.1) is 6.92 Å². The number of sulfonamides is 1. The maximum atomic E-state index is 13.0. The van der Waals surface area contributed by atoms with E-state index in [2.05, 4.69) is 42.7 Å². The Balaban J connectivity index is 1.63. The third-order valence-electron chi connectivity index (χ3n) is 5.06. The minimum absolute atomic E-state index is 0.294. The molecule has 1 aromatic heterocycles. The van der Waals surface area contributed by atoms with Gasteiger partial charge in [0.2, 0.25) is 10.0 Å². The molecule has 2 aromatic carbocycles. The van der Waals surface area contributed by atoms with Crippen LogP contribution < -0.4 is 0 Å². The molecule has 0 N–H and O–H groups in total. The van der Waals surface area contributed by atoms with Gasteiger partial charge in [0.1, 0.15) is 0 Å². The number of benzene rings is 2. The number of aromatic nitrogens is 2. The molecule has 29 heavy (non-hydrogen) atoms. The zero-order valence-electron chi connectivity index (χ0n) is 16.7. The number of thioether (sulfide) groups is 1. The minimum Gasteiger partial charge on any atom is -0.379 e. The SMILES string of the molecule is CCn1c(SCc2cccc(C)c2)nc2cc(S(=O)(=O)N3CCOCC3)ccc21. The number of rotatable bonds is 6. The molecular formula is C21H25N3O3S2. The van der Waals surface area contributed by atoms with Crippen molar-refractivity contribution in [3.8, 4) is 0 Å². The fraction of sp³-hybridized carbons (Fsp3) is 0.381. The highest BCUT2D eigenvalue weighted by molar-refractivity contribution is 7.98. The van der Waals surface area contributed by atoms with E-state index in [0.29, 0.717) is 36.7 Å². The molecule has 1 aliphatic rings. The number of ether oxygens (including phenoxy) is 1. The minimum atomic E-state index is -3.53. The third-order valence-corrected chi connectivity index (χ3v) is 8.00. The zero-order chi connectivity index (χ0) is 20.4. The summed E-state index contributed by atoms with van der Waals surface area (Å²) < 4.78 is 34.8. The van der Waals surface area contributed by atoms with Gasteiger partial charge in [0.05, 0.1) is 29.1 Å². The first-order valence-electron chi connectivity index (χ1n) is 9.75. The van der Waals surface area contributed by atoms with Gasteiger partial charge in [-0.25, -0.2) is 13.4 Å². The zero-order valence-corrected chi connectivity index (χ0v) is 18.3. The van der Waals surface area contributed by atoms with Crippen molar-refractivity contribution in [3.05, 3.63) is 53.6 Å². The summed E-state index contributed by atoms with van der Waals surface area (Å²) in [5.41, 5.74) is 4.17. The Morgan fingerprint density at radius 3 is 2.66 bits per heavy atom. The van der Waals surface area contributed by atoms with Gasteiger partial charge in [0.15, 0.2) is 5.16 Å². The topological polar surface area (TPSA) is 64.4 Å². The monoisotopic (exact) mass is 431 g/mol. The molecule has 1 fully saturated rings. The molecule has 8 heteroatoms. The second kappa shape index (κ2) is 8.47. The number of imidazole rings is 1. The Morgan fingerprint density at radius 2 is 1.93 bits per heavy atom. The highest BCUT2D eigenvalue weighted by Gasteiger charge is 2.27. The summed E-state index contributed by atoms with van der Waals surface area (Å²) in [5, 5.41) is 0.907. The summed E-state index contributed by atoms with van der Waals surface area (Å²) in [4.78, 5) is 5.05. The lowest BCUT2D eigenvalue weighted by atomic mass is 10.2. The number of aryl methyl sites for hydroxylation is 2. The van der Waals surface area contributed by atoms with Crippen molar-refractivity contribution in [2.24, 2.45) is 0 Å². The van der Waals surface area contributed by atoms with Crippen molar-refractivity contribution >= 4 is 32.8 Å². The van der Waals surface area contributed by atoms with E-state index in [1.165, 1.54) is 15.4 Å². The van der Waals surface area contributed by atoms with Gasteiger partial charge in [-0.2, -0.15) is 4.31 Å². The standard InChI is InChI=1S/C21H25N3O3S2/c1-3-24-20-8-7-18(29(25,26)23-9-11-27-12-10-23)14-19(20)22-21(24)28-15-17-6-4-5-16(2)13-17/h4-8,13-14H,3,9-12,15H2,1-2H3. The van der Waals surface area contributed by atoms with Crippen molar-refractivity contribution in [1.29, 1.82) is 0 Å². The van der Waals surface area contributed by atoms with Crippen LogP contribution in [-0.2, 0) is 27.1 Å². The molecule has 0 atom stereocenters. The molecule has 6 nitrogen and oxygen atoms in total. The smallest absolute Gasteiger partial charge is 0.243 e. The van der Waals surface area contributed by atoms with Gasteiger partial charge in [0.25, 0.3) is 0 Å². The number of nitrogens with zero attached hydrogens (tertiary/aromatic N) is 3. The second-order valence-corrected chi connectivity index (χ2v) is 9.96. The predicted molar refractivity (Wildman–Crippen MR) is 116 cm³/mol. The van der Waals surface area contributed by atoms with Crippen LogP contribution in [0.3, 0.4) is 0 Å². The lowest BCUT2D eigenvalue weighted by Crippen LogP contribution is -2.40. The lowest BCUT2D eigenvalue weighted by Gasteiger charge is -2.26. The Morgan fingerprint density at radius 1 is 1.14 bits per heavy atom. The first kappa shape index (κ1) is 20.4. The van der Waals surface area contributed by atoms with Crippen LogP contribution in [0.5, 0.6) is 0 Å². The molecule has 154 valence electrons. The van der Waals surface area contributed by atoms with Gasteiger partial charge in [0, 0.05) is 25.4 Å². The molecule has 1 saturated heterocycles. The van der Waals surface area contributed by atoms with Gasteiger partial charge < -0.3 is 9.30 Å². The first-order chi connectivity index (χ1) is 14.0. The maximum Gasteiger partial charge on any atom is 0.243 e. The van der Waals surface area contributed by atoms with Gasteiger partial charge in [-0.3, -0.25) is 0 Å². The summed E-state index contributed by atoms with van der Waals surface area (Å²) >= 11 is 1.68. The van der Waals surface area contributed by atoms with Crippen LogP contribution in [0.15, 0.2) is 52.5 Å². The fourth-order valence-electron chi connectivity index (χ4n) is 3.55. The molecule has 0 bridgehead atoms. The lowest BCUT2D eigenvalue weighted by molar-refractivity contribution is 0.0730. The largest absolute Gasteiger partial charge is 0.379 e. The number of hydrogen-bond acceptors (Lipinski definition) is 5. The predicted octanol–water partition coefficient (Wildman–Crippen LogP) is 3.68. The molecule has 0 aliphatic carbocycles. The molecule has 3 aromatic rings. The maximum absolute atomic E-state index is 13.0. The molecule has 0 radical (unpaired) electrons.